The fourth-order valence-corrected chi connectivity index (χ4v) is 3.06. The molecule has 2 aromatic rings. The van der Waals surface area contributed by atoms with Crippen LogP contribution in [0.4, 0.5) is 5.69 Å². The summed E-state index contributed by atoms with van der Waals surface area (Å²) >= 11 is 0. The maximum absolute atomic E-state index is 9.64. The van der Waals surface area contributed by atoms with Crippen molar-refractivity contribution >= 4 is 5.69 Å². The lowest BCUT2D eigenvalue weighted by Crippen LogP contribution is -2.21. The average Bonchev–Trinajstić information content (AvgIpc) is 2.62. The molecule has 3 rings (SSSR count). The van der Waals surface area contributed by atoms with Crippen molar-refractivity contribution in [2.75, 3.05) is 18.9 Å². The van der Waals surface area contributed by atoms with Gasteiger partial charge in [0.05, 0.1) is 19.1 Å². The Morgan fingerprint density at radius 1 is 1.04 bits per heavy atom. The van der Waals surface area contributed by atoms with Gasteiger partial charge in [-0.2, -0.15) is 5.26 Å². The Bertz CT molecular complexity index is 900. The number of nitrogens with two attached hydrogens (primary N) is 2. The van der Waals surface area contributed by atoms with E-state index in [-0.39, 0.29) is 11.8 Å². The lowest BCUT2D eigenvalue weighted by atomic mass is 9.83. The molecule has 6 nitrogen and oxygen atoms in total. The molecule has 0 aliphatic carbocycles. The van der Waals surface area contributed by atoms with Crippen molar-refractivity contribution in [3.8, 4) is 23.3 Å². The Kier molecular flexibility index (Phi) is 4.90. The van der Waals surface area contributed by atoms with Crippen molar-refractivity contribution in [1.29, 1.82) is 5.26 Å². The second kappa shape index (κ2) is 7.28. The molecule has 1 atom stereocenters. The monoisotopic (exact) mass is 351 g/mol. The minimum atomic E-state index is -0.362. The van der Waals surface area contributed by atoms with Gasteiger partial charge in [-0.05, 0) is 37.6 Å². The molecule has 0 bridgehead atoms. The summed E-state index contributed by atoms with van der Waals surface area (Å²) in [6, 6.07) is 13.2. The van der Waals surface area contributed by atoms with Crippen LogP contribution in [0.1, 0.15) is 30.9 Å². The molecule has 4 N–H and O–H groups in total. The van der Waals surface area contributed by atoms with E-state index in [0.29, 0.717) is 41.7 Å². The highest BCUT2D eigenvalue weighted by molar-refractivity contribution is 5.60. The van der Waals surface area contributed by atoms with Crippen LogP contribution < -0.4 is 25.7 Å². The van der Waals surface area contributed by atoms with Gasteiger partial charge in [0.15, 0.2) is 11.5 Å². The number of hydrogen-bond acceptors (Lipinski definition) is 6. The molecule has 0 saturated heterocycles. The Morgan fingerprint density at radius 3 is 2.46 bits per heavy atom. The Labute approximate surface area is 152 Å². The van der Waals surface area contributed by atoms with E-state index in [1.165, 1.54) is 0 Å². The first-order chi connectivity index (χ1) is 12.6. The van der Waals surface area contributed by atoms with E-state index in [4.69, 9.17) is 25.7 Å². The van der Waals surface area contributed by atoms with Gasteiger partial charge in [-0.3, -0.25) is 0 Å². The van der Waals surface area contributed by atoms with Crippen LogP contribution in [0.25, 0.3) is 0 Å². The molecule has 6 heteroatoms. The van der Waals surface area contributed by atoms with E-state index in [2.05, 4.69) is 6.07 Å². The van der Waals surface area contributed by atoms with Crippen LogP contribution in [0.5, 0.6) is 17.2 Å². The van der Waals surface area contributed by atoms with E-state index in [1.54, 1.807) is 12.1 Å². The Morgan fingerprint density at radius 2 is 1.77 bits per heavy atom. The number of fused-ring (bicyclic) bond motifs is 1. The summed E-state index contributed by atoms with van der Waals surface area (Å²) in [5.41, 5.74) is 14.5. The molecule has 26 heavy (non-hydrogen) atoms. The fraction of sp³-hybridized carbons (Fsp3) is 0.250. The first kappa shape index (κ1) is 17.5. The number of rotatable bonds is 5. The largest absolute Gasteiger partial charge is 0.490 e. The van der Waals surface area contributed by atoms with Crippen LogP contribution in [0.15, 0.2) is 47.9 Å². The van der Waals surface area contributed by atoms with Gasteiger partial charge in [0.1, 0.15) is 17.4 Å². The number of allylic oxidation sites excluding steroid dienone is 1. The van der Waals surface area contributed by atoms with Crippen molar-refractivity contribution in [3.63, 3.8) is 0 Å². The molecule has 0 radical (unpaired) electrons. The van der Waals surface area contributed by atoms with Gasteiger partial charge in [0, 0.05) is 17.3 Å². The Hall–Kier alpha value is -3.33. The molecule has 0 amide bonds. The van der Waals surface area contributed by atoms with Crippen LogP contribution in [0.3, 0.4) is 0 Å². The highest BCUT2D eigenvalue weighted by Crippen LogP contribution is 2.44. The summed E-state index contributed by atoms with van der Waals surface area (Å²) in [7, 11) is 0. The van der Waals surface area contributed by atoms with Crippen LogP contribution in [-0.2, 0) is 0 Å². The zero-order valence-corrected chi connectivity index (χ0v) is 14.8. The fourth-order valence-electron chi connectivity index (χ4n) is 3.06. The zero-order valence-electron chi connectivity index (χ0n) is 14.8. The lowest BCUT2D eigenvalue weighted by Gasteiger charge is -2.27. The van der Waals surface area contributed by atoms with Gasteiger partial charge in [-0.25, -0.2) is 0 Å². The molecule has 2 aromatic carbocycles. The third kappa shape index (κ3) is 3.11. The summed E-state index contributed by atoms with van der Waals surface area (Å²) in [5, 5.41) is 9.64. The smallest absolute Gasteiger partial charge is 0.205 e. The van der Waals surface area contributed by atoms with Crippen LogP contribution in [-0.4, -0.2) is 13.2 Å². The summed E-state index contributed by atoms with van der Waals surface area (Å²) in [6.45, 7) is 4.87. The summed E-state index contributed by atoms with van der Waals surface area (Å²) in [4.78, 5) is 0. The number of nitrogens with zero attached hydrogens (tertiary/aromatic N) is 1. The van der Waals surface area contributed by atoms with Crippen molar-refractivity contribution in [2.45, 2.75) is 19.8 Å². The van der Waals surface area contributed by atoms with E-state index in [0.717, 1.165) is 11.1 Å². The molecule has 0 aromatic heterocycles. The number of ether oxygens (including phenoxy) is 3. The van der Waals surface area contributed by atoms with Crippen LogP contribution >= 0.6 is 0 Å². The third-order valence-corrected chi connectivity index (χ3v) is 4.14. The SMILES string of the molecule is CCOc1ccc([C@H]2C(C#N)=C(N)Oc3cc(N)ccc32)cc1OCC. The zero-order chi connectivity index (χ0) is 18.7. The molecular weight excluding hydrogens is 330 g/mol. The van der Waals surface area contributed by atoms with Crippen molar-refractivity contribution in [1.82, 2.24) is 0 Å². The molecule has 1 aliphatic heterocycles. The summed E-state index contributed by atoms with van der Waals surface area (Å²) in [5.74, 6) is 1.57. The Balaban J connectivity index is 2.15. The number of nitriles is 1. The van der Waals surface area contributed by atoms with Crippen LogP contribution in [0, 0.1) is 11.3 Å². The van der Waals surface area contributed by atoms with E-state index in [1.807, 2.05) is 38.1 Å². The number of nitrogen functional groups attached to an aromatic ring is 1. The molecule has 1 heterocycles. The topological polar surface area (TPSA) is 104 Å². The van der Waals surface area contributed by atoms with Crippen LogP contribution in [0.2, 0.25) is 0 Å². The molecule has 1 aliphatic rings. The van der Waals surface area contributed by atoms with Gasteiger partial charge >= 0.3 is 0 Å². The second-order valence-corrected chi connectivity index (χ2v) is 5.79. The normalized spacial score (nSPS) is 15.7. The predicted octanol–water partition coefficient (Wildman–Crippen LogP) is 3.28. The third-order valence-electron chi connectivity index (χ3n) is 4.14. The second-order valence-electron chi connectivity index (χ2n) is 5.79. The number of benzene rings is 2. The summed E-state index contributed by atoms with van der Waals surface area (Å²) in [6.07, 6.45) is 0. The average molecular weight is 351 g/mol. The lowest BCUT2D eigenvalue weighted by molar-refractivity contribution is 0.287. The predicted molar refractivity (Wildman–Crippen MR) is 98.9 cm³/mol. The minimum Gasteiger partial charge on any atom is -0.490 e. The van der Waals surface area contributed by atoms with E-state index in [9.17, 15) is 5.26 Å². The maximum Gasteiger partial charge on any atom is 0.205 e. The molecule has 134 valence electrons. The van der Waals surface area contributed by atoms with Gasteiger partial charge in [-0.1, -0.05) is 12.1 Å². The molecule has 0 spiro atoms. The molecule has 0 saturated carbocycles. The molecule has 0 unspecified atom stereocenters. The van der Waals surface area contributed by atoms with Gasteiger partial charge in [0.25, 0.3) is 0 Å². The van der Waals surface area contributed by atoms with E-state index >= 15 is 0 Å². The van der Waals surface area contributed by atoms with Gasteiger partial charge in [0.2, 0.25) is 5.88 Å². The highest BCUT2D eigenvalue weighted by atomic mass is 16.5. The van der Waals surface area contributed by atoms with Crippen molar-refractivity contribution < 1.29 is 14.2 Å². The van der Waals surface area contributed by atoms with E-state index < -0.39 is 0 Å². The van der Waals surface area contributed by atoms with Gasteiger partial charge in [-0.15, -0.1) is 0 Å². The van der Waals surface area contributed by atoms with Gasteiger partial charge < -0.3 is 25.7 Å². The first-order valence-corrected chi connectivity index (χ1v) is 8.45. The highest BCUT2D eigenvalue weighted by Gasteiger charge is 2.31. The molecule has 0 fully saturated rings. The quantitative estimate of drug-likeness (QED) is 0.801. The standard InChI is InChI=1S/C20H21N3O3/c1-3-24-16-8-5-12(9-18(16)25-4-2)19-14-7-6-13(22)10-17(14)26-20(23)15(19)11-21/h5-10,19H,3-4,22-23H2,1-2H3/t19-/m1/s1. The minimum absolute atomic E-state index is 0.0856. The first-order valence-electron chi connectivity index (χ1n) is 8.45. The van der Waals surface area contributed by atoms with Crippen molar-refractivity contribution in [3.05, 3.63) is 59.0 Å². The maximum atomic E-state index is 9.64. The number of hydrogen-bond donors (Lipinski definition) is 2. The summed E-state index contributed by atoms with van der Waals surface area (Å²) < 4.78 is 16.9. The molecular formula is C20H21N3O3. The number of anilines is 1. The van der Waals surface area contributed by atoms with Crippen molar-refractivity contribution in [2.24, 2.45) is 5.73 Å².